The maximum Gasteiger partial charge on any atom is 0.252 e. The van der Waals surface area contributed by atoms with Crippen LogP contribution in [0.25, 0.3) is 4.85 Å². The molecule has 0 aliphatic heterocycles. The van der Waals surface area contributed by atoms with Gasteiger partial charge in [0.1, 0.15) is 17.9 Å². The van der Waals surface area contributed by atoms with Crippen LogP contribution in [0.1, 0.15) is 0 Å². The summed E-state index contributed by atoms with van der Waals surface area (Å²) in [6.07, 6.45) is 0.651. The molecule has 3 heteroatoms. The van der Waals surface area contributed by atoms with Crippen molar-refractivity contribution in [2.45, 2.75) is 0 Å². The van der Waals surface area contributed by atoms with Crippen molar-refractivity contribution < 1.29 is 5.11 Å². The Balaban J connectivity index is 3.83. The van der Waals surface area contributed by atoms with Crippen LogP contribution in [0.3, 0.4) is 0 Å². The zero-order valence-electron chi connectivity index (χ0n) is 4.13. The molecule has 0 saturated heterocycles. The Morgan fingerprint density at radius 1 is 2.00 bits per heavy atom. The van der Waals surface area contributed by atoms with Gasteiger partial charge in [0.15, 0.2) is 0 Å². The van der Waals surface area contributed by atoms with Gasteiger partial charge < -0.3 is 9.95 Å². The van der Waals surface area contributed by atoms with E-state index in [1.165, 1.54) is 0 Å². The molecule has 0 spiro atoms. The fraction of sp³-hybridized carbons (Fsp3) is 0.200. The minimum atomic E-state index is -0.0347. The van der Waals surface area contributed by atoms with E-state index in [2.05, 4.69) is 4.85 Å². The van der Waals surface area contributed by atoms with Crippen molar-refractivity contribution >= 4 is 0 Å². The van der Waals surface area contributed by atoms with Gasteiger partial charge in [-0.1, -0.05) is 0 Å². The Morgan fingerprint density at radius 3 is 2.75 bits per heavy atom. The molecule has 1 N–H and O–H groups in total. The van der Waals surface area contributed by atoms with Crippen LogP contribution in [0, 0.1) is 17.9 Å². The van der Waals surface area contributed by atoms with Gasteiger partial charge in [0.05, 0.1) is 0 Å². The van der Waals surface area contributed by atoms with Crippen molar-refractivity contribution in [3.63, 3.8) is 0 Å². The lowest BCUT2D eigenvalue weighted by molar-refractivity contribution is 0.469. The summed E-state index contributed by atoms with van der Waals surface area (Å²) in [6, 6.07) is 1.65. The van der Waals surface area contributed by atoms with Crippen LogP contribution in [0.2, 0.25) is 0 Å². The fourth-order valence-corrected chi connectivity index (χ4v) is 0.190. The minimum Gasteiger partial charge on any atom is -0.514 e. The number of nitriles is 1. The molecule has 0 aliphatic rings. The molecule has 0 unspecified atom stereocenters. The first-order valence-corrected chi connectivity index (χ1v) is 1.91. The van der Waals surface area contributed by atoms with Gasteiger partial charge in [0.25, 0.3) is 6.54 Å². The van der Waals surface area contributed by atoms with Gasteiger partial charge in [-0.15, -0.1) is 0 Å². The van der Waals surface area contributed by atoms with E-state index in [9.17, 15) is 0 Å². The zero-order chi connectivity index (χ0) is 6.41. The molecule has 3 nitrogen and oxygen atoms in total. The summed E-state index contributed by atoms with van der Waals surface area (Å²) < 4.78 is 0. The lowest BCUT2D eigenvalue weighted by Gasteiger charge is -1.76. The predicted molar refractivity (Wildman–Crippen MR) is 27.8 cm³/mol. The van der Waals surface area contributed by atoms with Crippen molar-refractivity contribution in [2.75, 3.05) is 6.54 Å². The molecular formula is C5H4N2O. The van der Waals surface area contributed by atoms with Gasteiger partial charge >= 0.3 is 0 Å². The van der Waals surface area contributed by atoms with Crippen molar-refractivity contribution in [3.8, 4) is 6.07 Å². The molecular weight excluding hydrogens is 104 g/mol. The Labute approximate surface area is 47.3 Å². The number of hydrogen-bond acceptors (Lipinski definition) is 2. The number of hydrogen-bond donors (Lipinski definition) is 1. The third-order valence-electron chi connectivity index (χ3n) is 0.549. The summed E-state index contributed by atoms with van der Waals surface area (Å²) >= 11 is 0. The topological polar surface area (TPSA) is 48.4 Å². The van der Waals surface area contributed by atoms with Crippen LogP contribution >= 0.6 is 0 Å². The molecule has 0 aliphatic carbocycles. The highest BCUT2D eigenvalue weighted by Crippen LogP contribution is 1.88. The van der Waals surface area contributed by atoms with Crippen LogP contribution in [0.15, 0.2) is 11.8 Å². The minimum absolute atomic E-state index is 0.0347. The summed E-state index contributed by atoms with van der Waals surface area (Å²) in [7, 11) is 0. The van der Waals surface area contributed by atoms with E-state index in [1.807, 2.05) is 0 Å². The van der Waals surface area contributed by atoms with Gasteiger partial charge in [-0.2, -0.15) is 5.26 Å². The molecule has 0 bridgehead atoms. The Morgan fingerprint density at radius 2 is 2.62 bits per heavy atom. The summed E-state index contributed by atoms with van der Waals surface area (Å²) in [6.45, 7) is 6.23. The first kappa shape index (κ1) is 6.52. The monoisotopic (exact) mass is 108 g/mol. The molecule has 0 aromatic carbocycles. The average molecular weight is 108 g/mol. The quantitative estimate of drug-likeness (QED) is 0.308. The molecule has 8 heavy (non-hydrogen) atoms. The molecule has 0 rings (SSSR count). The second-order valence-electron chi connectivity index (χ2n) is 1.08. The lowest BCUT2D eigenvalue weighted by Crippen LogP contribution is -1.79. The zero-order valence-corrected chi connectivity index (χ0v) is 4.13. The number of aliphatic hydroxyl groups excluding tert-OH is 1. The molecule has 0 aromatic rings. The normalized spacial score (nSPS) is 9.50. The maximum absolute atomic E-state index is 8.13. The molecule has 0 aromatic heterocycles. The second-order valence-corrected chi connectivity index (χ2v) is 1.08. The third-order valence-corrected chi connectivity index (χ3v) is 0.549. The first-order chi connectivity index (χ1) is 3.85. The number of aliphatic hydroxyl groups is 1. The Bertz CT molecular complexity index is 170. The van der Waals surface area contributed by atoms with Crippen molar-refractivity contribution in [2.24, 2.45) is 0 Å². The van der Waals surface area contributed by atoms with Crippen molar-refractivity contribution in [1.29, 1.82) is 5.26 Å². The van der Waals surface area contributed by atoms with Gasteiger partial charge in [-0.05, 0) is 0 Å². The van der Waals surface area contributed by atoms with Gasteiger partial charge in [-0.25, -0.2) is 6.57 Å². The molecule has 0 radical (unpaired) electrons. The molecule has 0 amide bonds. The number of rotatable bonds is 1. The highest BCUT2D eigenvalue weighted by molar-refractivity contribution is 5.21. The predicted octanol–water partition coefficient (Wildman–Crippen LogP) is 0.871. The largest absolute Gasteiger partial charge is 0.514 e. The van der Waals surface area contributed by atoms with E-state index >= 15 is 0 Å². The SMILES string of the molecule is [C-]#[N+]C/C(C#N)=C\O. The summed E-state index contributed by atoms with van der Waals surface area (Å²) in [5.74, 6) is 0. The second kappa shape index (κ2) is 3.70. The number of nitrogens with zero attached hydrogens (tertiary/aromatic N) is 2. The van der Waals surface area contributed by atoms with Crippen LogP contribution in [0.5, 0.6) is 0 Å². The smallest absolute Gasteiger partial charge is 0.252 e. The maximum atomic E-state index is 8.13. The third kappa shape index (κ3) is 1.84. The first-order valence-electron chi connectivity index (χ1n) is 1.91. The van der Waals surface area contributed by atoms with Gasteiger partial charge in [-0.3, -0.25) is 0 Å². The molecule has 40 valence electrons. The Kier molecular flexibility index (Phi) is 3.02. The van der Waals surface area contributed by atoms with Crippen LogP contribution in [-0.2, 0) is 0 Å². The van der Waals surface area contributed by atoms with E-state index in [4.69, 9.17) is 16.9 Å². The van der Waals surface area contributed by atoms with Crippen LogP contribution in [0.4, 0.5) is 0 Å². The summed E-state index contributed by atoms with van der Waals surface area (Å²) in [5, 5.41) is 16.2. The van der Waals surface area contributed by atoms with E-state index < -0.39 is 0 Å². The van der Waals surface area contributed by atoms with Crippen LogP contribution < -0.4 is 0 Å². The van der Waals surface area contributed by atoms with Crippen LogP contribution in [-0.4, -0.2) is 11.7 Å². The van der Waals surface area contributed by atoms with Crippen molar-refractivity contribution in [1.82, 2.24) is 0 Å². The highest BCUT2D eigenvalue weighted by atomic mass is 16.2. The standard InChI is InChI=1S/C5H4N2O/c1-7-3-5(2-6)4-8/h4,8H,3H2/b5-4-. The van der Waals surface area contributed by atoms with E-state index in [-0.39, 0.29) is 12.1 Å². The summed E-state index contributed by atoms with van der Waals surface area (Å²) in [4.78, 5) is 2.88. The molecule has 0 atom stereocenters. The lowest BCUT2D eigenvalue weighted by atomic mass is 10.3. The van der Waals surface area contributed by atoms with E-state index in [1.54, 1.807) is 6.07 Å². The average Bonchev–Trinajstić information content (AvgIpc) is 1.83. The molecule has 0 saturated carbocycles. The van der Waals surface area contributed by atoms with E-state index in [0.29, 0.717) is 6.26 Å². The molecule has 0 heterocycles. The van der Waals surface area contributed by atoms with Crippen molar-refractivity contribution in [3.05, 3.63) is 23.3 Å². The van der Waals surface area contributed by atoms with Gasteiger partial charge in [0.2, 0.25) is 0 Å². The van der Waals surface area contributed by atoms with Gasteiger partial charge in [0, 0.05) is 0 Å². The summed E-state index contributed by atoms with van der Waals surface area (Å²) in [5.41, 5.74) is 0.0972. The Hall–Kier alpha value is -1.48. The highest BCUT2D eigenvalue weighted by Gasteiger charge is 1.93. The molecule has 0 fully saturated rings. The van der Waals surface area contributed by atoms with E-state index in [0.717, 1.165) is 0 Å². The fourth-order valence-electron chi connectivity index (χ4n) is 0.190.